The van der Waals surface area contributed by atoms with Gasteiger partial charge in [0.15, 0.2) is 0 Å². The highest BCUT2D eigenvalue weighted by atomic mass is 19.4. The Hall–Kier alpha value is -2.60. The number of allylic oxidation sites excluding steroid dienone is 3. The molecule has 1 saturated heterocycles. The van der Waals surface area contributed by atoms with Gasteiger partial charge in [0.1, 0.15) is 0 Å². The average Bonchev–Trinajstić information content (AvgIpc) is 2.81. The van der Waals surface area contributed by atoms with Crippen LogP contribution in [0.4, 0.5) is 18.9 Å². The normalized spacial score (nSPS) is 20.1. The molecular formula is C27H32F3N3. The first-order valence-corrected chi connectivity index (χ1v) is 11.8. The standard InChI is InChI=1S/C27H32F3N3/c1-4-19-13-18(3)24(14-17(19)2)32-21-15-25(20-9-11-31-12-10-20)33-26(16-21)22-7-5-6-8-23(22)27(28,29)30/h5-8,14-16,19-20,31H,4,9-13H2,1-3H3,(H,32,33). The van der Waals surface area contributed by atoms with Crippen LogP contribution in [0.15, 0.2) is 59.3 Å². The number of hydrogen-bond acceptors (Lipinski definition) is 3. The van der Waals surface area contributed by atoms with Gasteiger partial charge < -0.3 is 10.6 Å². The van der Waals surface area contributed by atoms with Gasteiger partial charge in [-0.1, -0.05) is 30.7 Å². The quantitative estimate of drug-likeness (QED) is 0.497. The third-order valence-corrected chi connectivity index (χ3v) is 6.91. The van der Waals surface area contributed by atoms with Crippen LogP contribution in [0.2, 0.25) is 0 Å². The molecule has 0 amide bonds. The van der Waals surface area contributed by atoms with Crippen LogP contribution in [0, 0.1) is 5.92 Å². The Labute approximate surface area is 194 Å². The van der Waals surface area contributed by atoms with E-state index in [2.05, 4.69) is 37.5 Å². The number of rotatable bonds is 5. The zero-order chi connectivity index (χ0) is 23.6. The van der Waals surface area contributed by atoms with Gasteiger partial charge in [-0.25, -0.2) is 0 Å². The molecule has 0 spiro atoms. The molecule has 2 aromatic rings. The Kier molecular flexibility index (Phi) is 6.94. The lowest BCUT2D eigenvalue weighted by molar-refractivity contribution is -0.137. The molecule has 1 aromatic heterocycles. The molecule has 2 heterocycles. The van der Waals surface area contributed by atoms with Gasteiger partial charge in [0, 0.05) is 28.6 Å². The monoisotopic (exact) mass is 455 g/mol. The molecule has 2 aliphatic rings. The summed E-state index contributed by atoms with van der Waals surface area (Å²) in [6.07, 6.45) is 1.69. The summed E-state index contributed by atoms with van der Waals surface area (Å²) in [5.74, 6) is 0.778. The number of nitrogens with one attached hydrogen (secondary N) is 2. The van der Waals surface area contributed by atoms with E-state index in [1.165, 1.54) is 23.3 Å². The minimum atomic E-state index is -4.44. The number of benzene rings is 1. The Morgan fingerprint density at radius 1 is 1.09 bits per heavy atom. The van der Waals surface area contributed by atoms with Crippen molar-refractivity contribution in [3.63, 3.8) is 0 Å². The molecule has 4 rings (SSSR count). The number of alkyl halides is 3. The fraction of sp³-hybridized carbons (Fsp3) is 0.444. The van der Waals surface area contributed by atoms with Crippen molar-refractivity contribution < 1.29 is 13.2 Å². The number of pyridine rings is 1. The van der Waals surface area contributed by atoms with Crippen molar-refractivity contribution in [1.29, 1.82) is 0 Å². The van der Waals surface area contributed by atoms with Crippen LogP contribution in [0.25, 0.3) is 11.3 Å². The third-order valence-electron chi connectivity index (χ3n) is 6.91. The van der Waals surface area contributed by atoms with Crippen molar-refractivity contribution in [2.45, 2.75) is 58.5 Å². The molecule has 1 atom stereocenters. The first-order chi connectivity index (χ1) is 15.8. The summed E-state index contributed by atoms with van der Waals surface area (Å²) in [4.78, 5) is 4.75. The van der Waals surface area contributed by atoms with Gasteiger partial charge in [0.05, 0.1) is 11.3 Å². The predicted molar refractivity (Wildman–Crippen MR) is 128 cm³/mol. The summed E-state index contributed by atoms with van der Waals surface area (Å²) in [7, 11) is 0. The largest absolute Gasteiger partial charge is 0.417 e. The lowest BCUT2D eigenvalue weighted by Crippen LogP contribution is -2.27. The maximum absolute atomic E-state index is 13.8. The highest BCUT2D eigenvalue weighted by Crippen LogP contribution is 2.39. The minimum absolute atomic E-state index is 0.121. The van der Waals surface area contributed by atoms with Crippen LogP contribution < -0.4 is 10.6 Å². The van der Waals surface area contributed by atoms with Crippen molar-refractivity contribution >= 4 is 5.69 Å². The Morgan fingerprint density at radius 2 is 1.82 bits per heavy atom. The van der Waals surface area contributed by atoms with E-state index >= 15 is 0 Å². The molecule has 1 aromatic carbocycles. The molecule has 0 saturated carbocycles. The summed E-state index contributed by atoms with van der Waals surface area (Å²) in [6, 6.07) is 9.49. The van der Waals surface area contributed by atoms with Gasteiger partial charge in [0.25, 0.3) is 0 Å². The number of hydrogen-bond donors (Lipinski definition) is 2. The van der Waals surface area contributed by atoms with Crippen molar-refractivity contribution in [3.8, 4) is 11.3 Å². The van der Waals surface area contributed by atoms with Gasteiger partial charge in [-0.15, -0.1) is 0 Å². The molecule has 1 unspecified atom stereocenters. The van der Waals surface area contributed by atoms with Crippen LogP contribution in [0.1, 0.15) is 63.6 Å². The fourth-order valence-corrected chi connectivity index (χ4v) is 4.92. The Balaban J connectivity index is 1.77. The van der Waals surface area contributed by atoms with Gasteiger partial charge in [-0.2, -0.15) is 13.2 Å². The number of piperidine rings is 1. The van der Waals surface area contributed by atoms with E-state index in [0.29, 0.717) is 11.6 Å². The zero-order valence-electron chi connectivity index (χ0n) is 19.5. The minimum Gasteiger partial charge on any atom is -0.355 e. The highest BCUT2D eigenvalue weighted by molar-refractivity contribution is 5.70. The molecule has 176 valence electrons. The molecule has 6 heteroatoms. The van der Waals surface area contributed by atoms with Crippen LogP contribution in [-0.4, -0.2) is 18.1 Å². The molecule has 1 aliphatic carbocycles. The van der Waals surface area contributed by atoms with Gasteiger partial charge >= 0.3 is 6.18 Å². The van der Waals surface area contributed by atoms with E-state index in [1.54, 1.807) is 12.1 Å². The number of nitrogens with zero attached hydrogens (tertiary/aromatic N) is 1. The Morgan fingerprint density at radius 3 is 2.52 bits per heavy atom. The van der Waals surface area contributed by atoms with Crippen molar-refractivity contribution in [3.05, 3.63) is 70.6 Å². The molecule has 0 radical (unpaired) electrons. The van der Waals surface area contributed by atoms with E-state index in [-0.39, 0.29) is 11.5 Å². The lowest BCUT2D eigenvalue weighted by Gasteiger charge is -2.26. The summed E-state index contributed by atoms with van der Waals surface area (Å²) >= 11 is 0. The summed E-state index contributed by atoms with van der Waals surface area (Å²) in [5.41, 5.74) is 5.12. The zero-order valence-corrected chi connectivity index (χ0v) is 19.5. The summed E-state index contributed by atoms with van der Waals surface area (Å²) in [6.45, 7) is 8.27. The number of anilines is 1. The predicted octanol–water partition coefficient (Wildman–Crippen LogP) is 7.30. The molecule has 0 bridgehead atoms. The molecule has 3 nitrogen and oxygen atoms in total. The van der Waals surface area contributed by atoms with Crippen LogP contribution in [-0.2, 0) is 6.18 Å². The Bertz CT molecular complexity index is 1060. The van der Waals surface area contributed by atoms with Crippen molar-refractivity contribution in [2.24, 2.45) is 5.92 Å². The lowest BCUT2D eigenvalue weighted by atomic mass is 9.85. The number of halogens is 3. The molecule has 1 aliphatic heterocycles. The van der Waals surface area contributed by atoms with E-state index in [9.17, 15) is 13.2 Å². The second-order valence-electron chi connectivity index (χ2n) is 9.25. The first-order valence-electron chi connectivity index (χ1n) is 11.8. The van der Waals surface area contributed by atoms with Crippen LogP contribution >= 0.6 is 0 Å². The molecule has 1 fully saturated rings. The summed E-state index contributed by atoms with van der Waals surface area (Å²) < 4.78 is 41.3. The van der Waals surface area contributed by atoms with E-state index < -0.39 is 11.7 Å². The molecule has 33 heavy (non-hydrogen) atoms. The van der Waals surface area contributed by atoms with E-state index in [4.69, 9.17) is 4.98 Å². The van der Waals surface area contributed by atoms with Crippen LogP contribution in [0.5, 0.6) is 0 Å². The maximum Gasteiger partial charge on any atom is 0.417 e. The molecular weight excluding hydrogens is 423 g/mol. The average molecular weight is 456 g/mol. The maximum atomic E-state index is 13.8. The smallest absolute Gasteiger partial charge is 0.355 e. The molecule has 2 N–H and O–H groups in total. The third kappa shape index (κ3) is 5.32. The van der Waals surface area contributed by atoms with Gasteiger partial charge in [0.2, 0.25) is 0 Å². The topological polar surface area (TPSA) is 37.0 Å². The van der Waals surface area contributed by atoms with E-state index in [0.717, 1.165) is 61.9 Å². The SMILES string of the molecule is CCC1CC(C)=C(Nc2cc(-c3ccccc3C(F)(F)F)nc(C3CCNCC3)c2)C=C1C. The van der Waals surface area contributed by atoms with Gasteiger partial charge in [-0.05, 0) is 88.4 Å². The number of aromatic nitrogens is 1. The van der Waals surface area contributed by atoms with Crippen molar-refractivity contribution in [2.75, 3.05) is 18.4 Å². The summed E-state index contributed by atoms with van der Waals surface area (Å²) in [5, 5.41) is 6.87. The van der Waals surface area contributed by atoms with Crippen LogP contribution in [0.3, 0.4) is 0 Å². The van der Waals surface area contributed by atoms with Crippen molar-refractivity contribution in [1.82, 2.24) is 10.3 Å². The second-order valence-corrected chi connectivity index (χ2v) is 9.25. The van der Waals surface area contributed by atoms with Gasteiger partial charge in [-0.3, -0.25) is 4.98 Å². The fourth-order valence-electron chi connectivity index (χ4n) is 4.92. The first kappa shape index (κ1) is 23.6. The highest BCUT2D eigenvalue weighted by Gasteiger charge is 2.34. The van der Waals surface area contributed by atoms with E-state index in [1.807, 2.05) is 6.07 Å². The second kappa shape index (κ2) is 9.72.